The van der Waals surface area contributed by atoms with Gasteiger partial charge in [0, 0.05) is 13.1 Å². The summed E-state index contributed by atoms with van der Waals surface area (Å²) in [5, 5.41) is 5.19. The summed E-state index contributed by atoms with van der Waals surface area (Å²) < 4.78 is 39.2. The van der Waals surface area contributed by atoms with E-state index in [-0.39, 0.29) is 19.0 Å². The Morgan fingerprint density at radius 2 is 1.19 bits per heavy atom. The third-order valence-corrected chi connectivity index (χ3v) is 4.71. The zero-order valence-corrected chi connectivity index (χ0v) is 16.5. The van der Waals surface area contributed by atoms with Gasteiger partial charge in [-0.15, -0.1) is 0 Å². The van der Waals surface area contributed by atoms with E-state index in [9.17, 15) is 22.8 Å². The second-order valence-electron chi connectivity index (χ2n) is 6.84. The van der Waals surface area contributed by atoms with Crippen LogP contribution in [0.1, 0.15) is 33.0 Å². The van der Waals surface area contributed by atoms with Crippen molar-refractivity contribution in [2.45, 2.75) is 12.1 Å². The quantitative estimate of drug-likeness (QED) is 0.551. The number of nitrogens with one attached hydrogen (secondary N) is 2. The number of benzene rings is 3. The molecule has 0 atom stereocenters. The molecule has 0 saturated carbocycles. The maximum absolute atomic E-state index is 13.1. The highest BCUT2D eigenvalue weighted by atomic mass is 19.4. The highest BCUT2D eigenvalue weighted by Gasteiger charge is 2.34. The van der Waals surface area contributed by atoms with Crippen LogP contribution in [0.3, 0.4) is 0 Å². The molecule has 3 aromatic carbocycles. The van der Waals surface area contributed by atoms with Crippen molar-refractivity contribution in [3.63, 3.8) is 0 Å². The molecule has 4 nitrogen and oxygen atoms in total. The smallest absolute Gasteiger partial charge is 0.354 e. The van der Waals surface area contributed by atoms with Crippen molar-refractivity contribution in [1.29, 1.82) is 0 Å². The maximum atomic E-state index is 13.1. The van der Waals surface area contributed by atoms with Crippen molar-refractivity contribution in [3.8, 4) is 0 Å². The van der Waals surface area contributed by atoms with Gasteiger partial charge in [0.05, 0.1) is 17.0 Å². The Bertz CT molecular complexity index is 982. The van der Waals surface area contributed by atoms with Crippen LogP contribution < -0.4 is 10.6 Å². The van der Waals surface area contributed by atoms with E-state index in [1.807, 2.05) is 60.7 Å². The Kier molecular flexibility index (Phi) is 7.07. The van der Waals surface area contributed by atoms with Crippen LogP contribution in [0.25, 0.3) is 0 Å². The fourth-order valence-electron chi connectivity index (χ4n) is 3.27. The molecule has 3 rings (SSSR count). The molecule has 0 unspecified atom stereocenters. The van der Waals surface area contributed by atoms with Crippen LogP contribution >= 0.6 is 0 Å². The lowest BCUT2D eigenvalue weighted by Gasteiger charge is -2.18. The highest BCUT2D eigenvalue weighted by molar-refractivity contribution is 5.96. The molecule has 0 bridgehead atoms. The van der Waals surface area contributed by atoms with E-state index in [0.29, 0.717) is 0 Å². The lowest BCUT2D eigenvalue weighted by molar-refractivity contribution is -0.138. The molecule has 0 radical (unpaired) electrons. The predicted molar refractivity (Wildman–Crippen MR) is 112 cm³/mol. The number of amides is 2. The van der Waals surface area contributed by atoms with Gasteiger partial charge in [-0.25, -0.2) is 0 Å². The highest BCUT2D eigenvalue weighted by Crippen LogP contribution is 2.31. The molecule has 0 fully saturated rings. The zero-order valence-electron chi connectivity index (χ0n) is 16.5. The van der Waals surface area contributed by atoms with Gasteiger partial charge in [0.25, 0.3) is 5.91 Å². The normalized spacial score (nSPS) is 11.2. The summed E-state index contributed by atoms with van der Waals surface area (Å²) in [5.41, 5.74) is 0.182. The molecule has 2 amide bonds. The summed E-state index contributed by atoms with van der Waals surface area (Å²) in [5.74, 6) is -1.64. The van der Waals surface area contributed by atoms with Crippen molar-refractivity contribution in [3.05, 3.63) is 107 Å². The molecule has 31 heavy (non-hydrogen) atoms. The molecule has 0 heterocycles. The lowest BCUT2D eigenvalue weighted by atomic mass is 9.90. The van der Waals surface area contributed by atoms with E-state index in [1.54, 1.807) is 0 Å². The van der Waals surface area contributed by atoms with Gasteiger partial charge in [0.15, 0.2) is 0 Å². The number of halogens is 3. The maximum Gasteiger partial charge on any atom is 0.417 e. The second kappa shape index (κ2) is 9.93. The van der Waals surface area contributed by atoms with Crippen LogP contribution in [-0.2, 0) is 11.0 Å². The van der Waals surface area contributed by atoms with Crippen LogP contribution in [0.4, 0.5) is 13.2 Å². The molecule has 0 aliphatic rings. The second-order valence-corrected chi connectivity index (χ2v) is 6.84. The fourth-order valence-corrected chi connectivity index (χ4v) is 3.27. The van der Waals surface area contributed by atoms with E-state index in [4.69, 9.17) is 0 Å². The van der Waals surface area contributed by atoms with Crippen molar-refractivity contribution >= 4 is 11.8 Å². The topological polar surface area (TPSA) is 58.2 Å². The molecule has 0 aliphatic heterocycles. The molecule has 7 heteroatoms. The van der Waals surface area contributed by atoms with E-state index < -0.39 is 29.1 Å². The number of carbonyl (C=O) groups excluding carboxylic acids is 2. The Morgan fingerprint density at radius 3 is 1.74 bits per heavy atom. The molecule has 0 aliphatic carbocycles. The Morgan fingerprint density at radius 1 is 0.710 bits per heavy atom. The molecule has 160 valence electrons. The summed E-state index contributed by atoms with van der Waals surface area (Å²) in [7, 11) is 0. The van der Waals surface area contributed by atoms with E-state index in [2.05, 4.69) is 10.6 Å². The average molecular weight is 426 g/mol. The zero-order chi connectivity index (χ0) is 22.3. The van der Waals surface area contributed by atoms with Crippen LogP contribution in [0.5, 0.6) is 0 Å². The number of carbonyl (C=O) groups is 2. The fraction of sp³-hybridized carbons (Fsp3) is 0.167. The Hall–Kier alpha value is -3.61. The van der Waals surface area contributed by atoms with Gasteiger partial charge in [-0.1, -0.05) is 72.8 Å². The van der Waals surface area contributed by atoms with Crippen molar-refractivity contribution in [2.75, 3.05) is 13.1 Å². The Labute approximate surface area is 178 Å². The predicted octanol–water partition coefficient (Wildman–Crippen LogP) is 4.38. The molecular formula is C24H21F3N2O2. The standard InChI is InChI=1S/C24H21F3N2O2/c25-24(26,27)20-14-8-7-13-19(20)22(30)28-15-16-29-23(31)21(17-9-3-1-4-10-17)18-11-5-2-6-12-18/h1-14,21H,15-16H2,(H,28,30)(H,29,31). The van der Waals surface area contributed by atoms with Gasteiger partial charge in [-0.3, -0.25) is 9.59 Å². The number of hydrogen-bond acceptors (Lipinski definition) is 2. The first-order chi connectivity index (χ1) is 14.9. The van der Waals surface area contributed by atoms with Gasteiger partial charge in [0.2, 0.25) is 5.91 Å². The number of alkyl halides is 3. The summed E-state index contributed by atoms with van der Waals surface area (Å²) in [6, 6.07) is 23.1. The van der Waals surface area contributed by atoms with Crippen molar-refractivity contribution < 1.29 is 22.8 Å². The third-order valence-electron chi connectivity index (χ3n) is 4.71. The minimum atomic E-state index is -4.62. The first-order valence-electron chi connectivity index (χ1n) is 9.70. The molecule has 2 N–H and O–H groups in total. The molecular weight excluding hydrogens is 405 g/mol. The van der Waals surface area contributed by atoms with Crippen molar-refractivity contribution in [2.24, 2.45) is 0 Å². The minimum Gasteiger partial charge on any atom is -0.354 e. The summed E-state index contributed by atoms with van der Waals surface area (Å²) in [6.07, 6.45) is -4.62. The van der Waals surface area contributed by atoms with Crippen LogP contribution in [-0.4, -0.2) is 24.9 Å². The minimum absolute atomic E-state index is 0.00688. The number of rotatable bonds is 7. The molecule has 3 aromatic rings. The Balaban J connectivity index is 1.62. The van der Waals surface area contributed by atoms with Crippen LogP contribution in [0, 0.1) is 0 Å². The molecule has 0 aromatic heterocycles. The lowest BCUT2D eigenvalue weighted by Crippen LogP contribution is -2.37. The van der Waals surface area contributed by atoms with Gasteiger partial charge in [-0.05, 0) is 23.3 Å². The largest absolute Gasteiger partial charge is 0.417 e. The van der Waals surface area contributed by atoms with Gasteiger partial charge in [0.1, 0.15) is 0 Å². The monoisotopic (exact) mass is 426 g/mol. The van der Waals surface area contributed by atoms with Crippen LogP contribution in [0.2, 0.25) is 0 Å². The van der Waals surface area contributed by atoms with Crippen LogP contribution in [0.15, 0.2) is 84.9 Å². The summed E-state index contributed by atoms with van der Waals surface area (Å²) >= 11 is 0. The average Bonchev–Trinajstić information content (AvgIpc) is 2.77. The summed E-state index contributed by atoms with van der Waals surface area (Å²) in [4.78, 5) is 25.1. The first-order valence-corrected chi connectivity index (χ1v) is 9.70. The number of hydrogen-bond donors (Lipinski definition) is 2. The SMILES string of the molecule is O=C(NCCNC(=O)C(c1ccccc1)c1ccccc1)c1ccccc1C(F)(F)F. The third kappa shape index (κ3) is 5.72. The molecule has 0 spiro atoms. The van der Waals surface area contributed by atoms with Gasteiger partial charge < -0.3 is 10.6 Å². The summed E-state index contributed by atoms with van der Waals surface area (Å²) in [6.45, 7) is 0.0714. The van der Waals surface area contributed by atoms with Gasteiger partial charge in [-0.2, -0.15) is 13.2 Å². The van der Waals surface area contributed by atoms with E-state index in [1.165, 1.54) is 12.1 Å². The van der Waals surface area contributed by atoms with Gasteiger partial charge >= 0.3 is 6.18 Å². The molecule has 0 saturated heterocycles. The van der Waals surface area contributed by atoms with E-state index >= 15 is 0 Å². The van der Waals surface area contributed by atoms with Crippen molar-refractivity contribution in [1.82, 2.24) is 10.6 Å². The van der Waals surface area contributed by atoms with E-state index in [0.717, 1.165) is 23.3 Å². The first kappa shape index (κ1) is 22.1.